The van der Waals surface area contributed by atoms with E-state index in [0.717, 1.165) is 21.7 Å². The van der Waals surface area contributed by atoms with E-state index in [1.807, 2.05) is 0 Å². The topological polar surface area (TPSA) is 12.0 Å². The molecule has 5 unspecified atom stereocenters. The highest BCUT2D eigenvalue weighted by atomic mass is 32.2. The minimum atomic E-state index is 0.703. The van der Waals surface area contributed by atoms with Gasteiger partial charge < -0.3 is 5.32 Å². The zero-order chi connectivity index (χ0) is 14.3. The van der Waals surface area contributed by atoms with Crippen molar-refractivity contribution in [3.63, 3.8) is 0 Å². The highest BCUT2D eigenvalue weighted by molar-refractivity contribution is 8.07. The van der Waals surface area contributed by atoms with Crippen LogP contribution in [0.5, 0.6) is 0 Å². The molecule has 1 nitrogen and oxygen atoms in total. The summed E-state index contributed by atoms with van der Waals surface area (Å²) in [4.78, 5) is 0. The zero-order valence-electron chi connectivity index (χ0n) is 13.4. The highest BCUT2D eigenvalue weighted by Crippen LogP contribution is 2.38. The Balaban J connectivity index is 2.47. The first-order chi connectivity index (χ1) is 9.12. The Hall–Kier alpha value is 0.660. The molecular weight excluding hydrogens is 270 g/mol. The molecule has 114 valence electrons. The minimum Gasteiger partial charge on any atom is -0.316 e. The lowest BCUT2D eigenvalue weighted by Crippen LogP contribution is -2.42. The number of rotatable bonds is 8. The number of hydrogen-bond acceptors (Lipinski definition) is 3. The Morgan fingerprint density at radius 1 is 1.21 bits per heavy atom. The quantitative estimate of drug-likeness (QED) is 0.691. The van der Waals surface area contributed by atoms with Gasteiger partial charge >= 0.3 is 0 Å². The van der Waals surface area contributed by atoms with E-state index < -0.39 is 0 Å². The molecule has 0 aromatic carbocycles. The first-order valence-electron chi connectivity index (χ1n) is 8.06. The van der Waals surface area contributed by atoms with Crippen LogP contribution < -0.4 is 5.32 Å². The van der Waals surface area contributed by atoms with Gasteiger partial charge in [-0.25, -0.2) is 0 Å². The normalized spacial score (nSPS) is 31.1. The predicted octanol–water partition coefficient (Wildman–Crippen LogP) is 4.81. The fraction of sp³-hybridized carbons (Fsp3) is 1.00. The molecule has 1 N–H and O–H groups in total. The summed E-state index contributed by atoms with van der Waals surface area (Å²) >= 11 is 4.39. The van der Waals surface area contributed by atoms with E-state index in [-0.39, 0.29) is 0 Å². The lowest BCUT2D eigenvalue weighted by atomic mass is 9.91. The maximum atomic E-state index is 3.61. The second-order valence-electron chi connectivity index (χ2n) is 5.97. The average Bonchev–Trinajstić information content (AvgIpc) is 2.42. The van der Waals surface area contributed by atoms with E-state index in [1.54, 1.807) is 0 Å². The summed E-state index contributed by atoms with van der Waals surface area (Å²) in [5.41, 5.74) is 0. The van der Waals surface area contributed by atoms with Crippen LogP contribution in [0.1, 0.15) is 59.8 Å². The van der Waals surface area contributed by atoms with Crippen LogP contribution in [0.25, 0.3) is 0 Å². The third kappa shape index (κ3) is 5.89. The summed E-state index contributed by atoms with van der Waals surface area (Å²) in [6, 6.07) is 0.703. The molecule has 0 aromatic heterocycles. The second kappa shape index (κ2) is 9.57. The van der Waals surface area contributed by atoms with E-state index in [1.165, 1.54) is 37.9 Å². The van der Waals surface area contributed by atoms with Gasteiger partial charge in [0.1, 0.15) is 0 Å². The molecule has 0 aliphatic carbocycles. The zero-order valence-corrected chi connectivity index (χ0v) is 15.1. The van der Waals surface area contributed by atoms with Gasteiger partial charge in [0, 0.05) is 27.5 Å². The number of hydrogen-bond donors (Lipinski definition) is 1. The molecule has 0 aromatic rings. The van der Waals surface area contributed by atoms with E-state index in [9.17, 15) is 0 Å². The molecular formula is C16H33NS2. The van der Waals surface area contributed by atoms with Gasteiger partial charge in [0.25, 0.3) is 0 Å². The molecule has 1 aliphatic heterocycles. The fourth-order valence-electron chi connectivity index (χ4n) is 2.81. The van der Waals surface area contributed by atoms with Crippen molar-refractivity contribution in [3.05, 3.63) is 0 Å². The van der Waals surface area contributed by atoms with Gasteiger partial charge in [-0.1, -0.05) is 53.4 Å². The van der Waals surface area contributed by atoms with E-state index in [2.05, 4.69) is 63.6 Å². The molecule has 0 bridgehead atoms. The summed E-state index contributed by atoms with van der Waals surface area (Å²) in [6.45, 7) is 9.44. The van der Waals surface area contributed by atoms with Crippen molar-refractivity contribution in [1.29, 1.82) is 0 Å². The van der Waals surface area contributed by atoms with E-state index in [0.29, 0.717) is 6.04 Å². The molecule has 1 heterocycles. The SMILES string of the molecule is CCCCC(CC)CC(NC)C1CSC(C)C(C)S1. The van der Waals surface area contributed by atoms with E-state index in [4.69, 9.17) is 0 Å². The Labute approximate surface area is 129 Å². The first-order valence-corrected chi connectivity index (χ1v) is 10.1. The minimum absolute atomic E-state index is 0.703. The molecule has 5 atom stereocenters. The lowest BCUT2D eigenvalue weighted by Gasteiger charge is -2.37. The summed E-state index contributed by atoms with van der Waals surface area (Å²) in [5, 5.41) is 6.04. The van der Waals surface area contributed by atoms with Gasteiger partial charge in [-0.3, -0.25) is 0 Å². The Bertz CT molecular complexity index is 235. The summed E-state index contributed by atoms with van der Waals surface area (Å²) < 4.78 is 0. The maximum Gasteiger partial charge on any atom is 0.0294 e. The van der Waals surface area contributed by atoms with Crippen LogP contribution in [0.15, 0.2) is 0 Å². The van der Waals surface area contributed by atoms with Gasteiger partial charge in [0.2, 0.25) is 0 Å². The van der Waals surface area contributed by atoms with Gasteiger partial charge in [-0.15, -0.1) is 0 Å². The predicted molar refractivity (Wildman–Crippen MR) is 93.5 cm³/mol. The molecule has 0 radical (unpaired) electrons. The van der Waals surface area contributed by atoms with Crippen LogP contribution in [0.4, 0.5) is 0 Å². The number of thioether (sulfide) groups is 2. The van der Waals surface area contributed by atoms with Crippen molar-refractivity contribution in [1.82, 2.24) is 5.32 Å². The fourth-order valence-corrected chi connectivity index (χ4v) is 6.00. The highest BCUT2D eigenvalue weighted by Gasteiger charge is 2.31. The molecule has 19 heavy (non-hydrogen) atoms. The Morgan fingerprint density at radius 3 is 2.47 bits per heavy atom. The average molecular weight is 304 g/mol. The maximum absolute atomic E-state index is 3.61. The van der Waals surface area contributed by atoms with Crippen molar-refractivity contribution in [3.8, 4) is 0 Å². The Morgan fingerprint density at radius 2 is 1.95 bits per heavy atom. The van der Waals surface area contributed by atoms with Gasteiger partial charge in [-0.05, 0) is 19.4 Å². The molecule has 3 heteroatoms. The monoisotopic (exact) mass is 303 g/mol. The summed E-state index contributed by atoms with van der Waals surface area (Å²) in [5.74, 6) is 2.24. The molecule has 0 amide bonds. The number of nitrogens with one attached hydrogen (secondary N) is 1. The lowest BCUT2D eigenvalue weighted by molar-refractivity contribution is 0.359. The van der Waals surface area contributed by atoms with Gasteiger partial charge in [0.15, 0.2) is 0 Å². The summed E-state index contributed by atoms with van der Waals surface area (Å²) in [6.07, 6.45) is 6.86. The number of unbranched alkanes of at least 4 members (excludes halogenated alkanes) is 1. The van der Waals surface area contributed by atoms with Crippen molar-refractivity contribution < 1.29 is 0 Å². The third-order valence-corrected chi connectivity index (χ3v) is 8.08. The second-order valence-corrected chi connectivity index (χ2v) is 9.00. The van der Waals surface area contributed by atoms with Crippen LogP contribution in [-0.4, -0.2) is 34.6 Å². The van der Waals surface area contributed by atoms with Crippen LogP contribution >= 0.6 is 23.5 Å². The molecule has 1 fully saturated rings. The van der Waals surface area contributed by atoms with Gasteiger partial charge in [-0.2, -0.15) is 23.5 Å². The smallest absolute Gasteiger partial charge is 0.0294 e. The molecule has 0 saturated carbocycles. The van der Waals surface area contributed by atoms with Crippen molar-refractivity contribution >= 4 is 23.5 Å². The molecule has 1 aliphatic rings. The third-order valence-electron chi connectivity index (χ3n) is 4.52. The molecule has 0 spiro atoms. The van der Waals surface area contributed by atoms with Gasteiger partial charge in [0.05, 0.1) is 0 Å². The largest absolute Gasteiger partial charge is 0.316 e. The van der Waals surface area contributed by atoms with Crippen LogP contribution in [0.2, 0.25) is 0 Å². The Kier molecular flexibility index (Phi) is 8.92. The van der Waals surface area contributed by atoms with Crippen LogP contribution in [0.3, 0.4) is 0 Å². The molecule has 1 saturated heterocycles. The van der Waals surface area contributed by atoms with Crippen LogP contribution in [0, 0.1) is 5.92 Å². The van der Waals surface area contributed by atoms with Crippen LogP contribution in [-0.2, 0) is 0 Å². The first kappa shape index (κ1) is 17.7. The van der Waals surface area contributed by atoms with Crippen molar-refractivity contribution in [2.75, 3.05) is 12.8 Å². The van der Waals surface area contributed by atoms with Crippen molar-refractivity contribution in [2.45, 2.75) is 81.6 Å². The van der Waals surface area contributed by atoms with E-state index >= 15 is 0 Å². The summed E-state index contributed by atoms with van der Waals surface area (Å²) in [7, 11) is 2.16. The standard InChI is InChI=1S/C16H33NS2/c1-6-8-9-14(7-2)10-15(17-5)16-11-18-12(3)13(4)19-16/h12-17H,6-11H2,1-5H3. The van der Waals surface area contributed by atoms with Crippen molar-refractivity contribution in [2.24, 2.45) is 5.92 Å². The molecule has 1 rings (SSSR count).